The van der Waals surface area contributed by atoms with Gasteiger partial charge in [0.2, 0.25) is 5.91 Å². The van der Waals surface area contributed by atoms with E-state index in [1.165, 1.54) is 23.9 Å². The average Bonchev–Trinajstić information content (AvgIpc) is 3.24. The molecule has 5 aromatic rings. The van der Waals surface area contributed by atoms with Crippen molar-refractivity contribution in [1.29, 1.82) is 0 Å². The van der Waals surface area contributed by atoms with Crippen LogP contribution >= 0.6 is 11.8 Å². The van der Waals surface area contributed by atoms with Gasteiger partial charge in [-0.1, -0.05) is 60.3 Å². The Kier molecular flexibility index (Phi) is 5.05. The van der Waals surface area contributed by atoms with Gasteiger partial charge in [0.1, 0.15) is 10.8 Å². The predicted molar refractivity (Wildman–Crippen MR) is 119 cm³/mol. The maximum absolute atomic E-state index is 13.3. The quantitative estimate of drug-likeness (QED) is 0.406. The Morgan fingerprint density at radius 2 is 1.77 bits per heavy atom. The molecule has 1 N–H and O–H groups in total. The van der Waals surface area contributed by atoms with E-state index in [9.17, 15) is 9.18 Å². The summed E-state index contributed by atoms with van der Waals surface area (Å²) >= 11 is 1.26. The third-order valence-corrected chi connectivity index (χ3v) is 5.63. The fourth-order valence-corrected chi connectivity index (χ4v) is 4.09. The average molecular weight is 429 g/mol. The Labute approximate surface area is 181 Å². The first-order valence-corrected chi connectivity index (χ1v) is 10.5. The van der Waals surface area contributed by atoms with Crippen molar-refractivity contribution in [3.05, 3.63) is 84.7 Å². The summed E-state index contributed by atoms with van der Waals surface area (Å²) < 4.78 is 15.3. The van der Waals surface area contributed by atoms with E-state index in [0.717, 1.165) is 16.6 Å². The number of hydrogen-bond acceptors (Lipinski definition) is 5. The van der Waals surface area contributed by atoms with E-state index in [1.807, 2.05) is 59.0 Å². The van der Waals surface area contributed by atoms with Crippen LogP contribution in [0.3, 0.4) is 0 Å². The van der Waals surface area contributed by atoms with Crippen LogP contribution in [0, 0.1) is 5.82 Å². The molecule has 0 bridgehead atoms. The summed E-state index contributed by atoms with van der Waals surface area (Å²) in [6.07, 6.45) is 0. The van der Waals surface area contributed by atoms with E-state index in [2.05, 4.69) is 15.5 Å². The van der Waals surface area contributed by atoms with E-state index < -0.39 is 5.82 Å². The normalized spacial score (nSPS) is 11.1. The Hall–Kier alpha value is -3.78. The van der Waals surface area contributed by atoms with Crippen molar-refractivity contribution in [3.63, 3.8) is 0 Å². The van der Waals surface area contributed by atoms with Crippen molar-refractivity contribution < 1.29 is 9.18 Å². The van der Waals surface area contributed by atoms with Gasteiger partial charge in [0.15, 0.2) is 11.5 Å². The molecule has 152 valence electrons. The van der Waals surface area contributed by atoms with Crippen LogP contribution < -0.4 is 5.32 Å². The zero-order valence-corrected chi connectivity index (χ0v) is 17.0. The third-order valence-electron chi connectivity index (χ3n) is 4.68. The van der Waals surface area contributed by atoms with Crippen molar-refractivity contribution >= 4 is 40.0 Å². The molecular formula is C23H16FN5OS. The molecule has 0 radical (unpaired) electrons. The van der Waals surface area contributed by atoms with E-state index in [1.54, 1.807) is 12.1 Å². The lowest BCUT2D eigenvalue weighted by Gasteiger charge is -2.09. The van der Waals surface area contributed by atoms with Crippen LogP contribution in [-0.2, 0) is 4.79 Å². The highest BCUT2D eigenvalue weighted by molar-refractivity contribution is 8.00. The van der Waals surface area contributed by atoms with Crippen LogP contribution in [0.15, 0.2) is 83.9 Å². The van der Waals surface area contributed by atoms with Gasteiger partial charge in [-0.3, -0.25) is 9.20 Å². The topological polar surface area (TPSA) is 72.2 Å². The molecule has 0 aliphatic rings. The van der Waals surface area contributed by atoms with Crippen molar-refractivity contribution in [1.82, 2.24) is 19.6 Å². The molecule has 0 aliphatic carbocycles. The van der Waals surface area contributed by atoms with Gasteiger partial charge in [-0.25, -0.2) is 9.37 Å². The fourth-order valence-electron chi connectivity index (χ4n) is 3.33. The molecule has 31 heavy (non-hydrogen) atoms. The summed E-state index contributed by atoms with van der Waals surface area (Å²) in [6, 6.07) is 23.3. The van der Waals surface area contributed by atoms with Crippen LogP contribution in [0.4, 0.5) is 10.1 Å². The third kappa shape index (κ3) is 3.85. The summed E-state index contributed by atoms with van der Waals surface area (Å²) in [5, 5.41) is 12.1. The number of anilines is 1. The first-order chi connectivity index (χ1) is 15.2. The number of amides is 1. The molecule has 0 aliphatic heterocycles. The summed E-state index contributed by atoms with van der Waals surface area (Å²) in [4.78, 5) is 17.1. The van der Waals surface area contributed by atoms with Crippen molar-refractivity contribution in [3.8, 4) is 11.4 Å². The molecule has 0 saturated carbocycles. The predicted octanol–water partition coefficient (Wildman–Crippen LogP) is 4.81. The standard InChI is InChI=1S/C23H16FN5OS/c24-16-9-6-10-17(13-16)25-20(30)14-31-23-22-28-27-21(15-7-2-1-3-8-15)29(22)19-12-5-4-11-18(19)26-23/h1-13H,14H2,(H,25,30). The monoisotopic (exact) mass is 429 g/mol. The summed E-state index contributed by atoms with van der Waals surface area (Å²) in [6.45, 7) is 0. The number of thioether (sulfide) groups is 1. The van der Waals surface area contributed by atoms with Crippen LogP contribution in [-0.4, -0.2) is 31.2 Å². The lowest BCUT2D eigenvalue weighted by molar-refractivity contribution is -0.113. The summed E-state index contributed by atoms with van der Waals surface area (Å²) in [7, 11) is 0. The minimum atomic E-state index is -0.403. The minimum Gasteiger partial charge on any atom is -0.325 e. The van der Waals surface area contributed by atoms with Crippen LogP contribution in [0.2, 0.25) is 0 Å². The Balaban J connectivity index is 1.50. The molecule has 1 amide bonds. The number of nitrogens with zero attached hydrogens (tertiary/aromatic N) is 4. The number of nitrogens with one attached hydrogen (secondary N) is 1. The molecule has 2 heterocycles. The lowest BCUT2D eigenvalue weighted by Crippen LogP contribution is -2.14. The maximum atomic E-state index is 13.3. The molecule has 5 rings (SSSR count). The van der Waals surface area contributed by atoms with Crippen molar-refractivity contribution in [2.24, 2.45) is 0 Å². The van der Waals surface area contributed by atoms with Gasteiger partial charge in [0.05, 0.1) is 16.8 Å². The highest BCUT2D eigenvalue weighted by Crippen LogP contribution is 2.29. The number of carbonyl (C=O) groups excluding carboxylic acids is 1. The molecule has 0 unspecified atom stereocenters. The van der Waals surface area contributed by atoms with Gasteiger partial charge in [-0.15, -0.1) is 10.2 Å². The smallest absolute Gasteiger partial charge is 0.234 e. The second kappa shape index (κ2) is 8.16. The van der Waals surface area contributed by atoms with Gasteiger partial charge in [-0.2, -0.15) is 0 Å². The minimum absolute atomic E-state index is 0.102. The Bertz CT molecular complexity index is 1400. The Morgan fingerprint density at radius 3 is 2.61 bits per heavy atom. The molecule has 3 aromatic carbocycles. The number of hydrogen-bond donors (Lipinski definition) is 1. The molecule has 8 heteroatoms. The van der Waals surface area contributed by atoms with Crippen molar-refractivity contribution in [2.75, 3.05) is 11.1 Å². The fraction of sp³-hybridized carbons (Fsp3) is 0.0435. The van der Waals surface area contributed by atoms with Gasteiger partial charge >= 0.3 is 0 Å². The second-order valence-electron chi connectivity index (χ2n) is 6.80. The number of halogens is 1. The number of fused-ring (bicyclic) bond motifs is 3. The van der Waals surface area contributed by atoms with E-state index in [4.69, 9.17) is 4.98 Å². The maximum Gasteiger partial charge on any atom is 0.234 e. The highest BCUT2D eigenvalue weighted by Gasteiger charge is 2.17. The number of benzene rings is 3. The number of aromatic nitrogens is 4. The van der Waals surface area contributed by atoms with Gasteiger partial charge in [-0.05, 0) is 30.3 Å². The second-order valence-corrected chi connectivity index (χ2v) is 7.77. The summed E-state index contributed by atoms with van der Waals surface area (Å²) in [5.41, 5.74) is 3.60. The largest absolute Gasteiger partial charge is 0.325 e. The van der Waals surface area contributed by atoms with E-state index in [0.29, 0.717) is 22.2 Å². The first-order valence-electron chi connectivity index (χ1n) is 9.56. The zero-order chi connectivity index (χ0) is 21.2. The number of para-hydroxylation sites is 2. The molecular weight excluding hydrogens is 413 g/mol. The first kappa shape index (κ1) is 19.2. The van der Waals surface area contributed by atoms with Crippen LogP contribution in [0.5, 0.6) is 0 Å². The van der Waals surface area contributed by atoms with Gasteiger partial charge in [0.25, 0.3) is 0 Å². The van der Waals surface area contributed by atoms with Gasteiger partial charge < -0.3 is 5.32 Å². The highest BCUT2D eigenvalue weighted by atomic mass is 32.2. The Morgan fingerprint density at radius 1 is 0.968 bits per heavy atom. The van der Waals surface area contributed by atoms with Crippen LogP contribution in [0.25, 0.3) is 28.1 Å². The van der Waals surface area contributed by atoms with Gasteiger partial charge in [0, 0.05) is 11.3 Å². The van der Waals surface area contributed by atoms with E-state index >= 15 is 0 Å². The molecule has 6 nitrogen and oxygen atoms in total. The van der Waals surface area contributed by atoms with Crippen LogP contribution in [0.1, 0.15) is 0 Å². The number of rotatable bonds is 5. The van der Waals surface area contributed by atoms with Crippen molar-refractivity contribution in [2.45, 2.75) is 5.03 Å². The molecule has 0 fully saturated rings. The SMILES string of the molecule is O=C(CSc1nc2ccccc2n2c(-c3ccccc3)nnc12)Nc1cccc(F)c1. The lowest BCUT2D eigenvalue weighted by atomic mass is 10.2. The molecule has 2 aromatic heterocycles. The molecule has 0 spiro atoms. The molecule has 0 saturated heterocycles. The zero-order valence-electron chi connectivity index (χ0n) is 16.2. The summed E-state index contributed by atoms with van der Waals surface area (Å²) in [5.74, 6) is 0.150. The number of carbonyl (C=O) groups is 1. The van der Waals surface area contributed by atoms with E-state index in [-0.39, 0.29) is 11.7 Å². The molecule has 0 atom stereocenters.